The van der Waals surface area contributed by atoms with E-state index < -0.39 is 0 Å². The summed E-state index contributed by atoms with van der Waals surface area (Å²) < 4.78 is 5.42. The van der Waals surface area contributed by atoms with E-state index in [0.717, 1.165) is 25.2 Å². The summed E-state index contributed by atoms with van der Waals surface area (Å²) in [4.78, 5) is 2.55. The lowest BCUT2D eigenvalue weighted by molar-refractivity contribution is -0.0273. The van der Waals surface area contributed by atoms with Crippen LogP contribution in [0.5, 0.6) is 0 Å². The SMILES string of the molecule is CC(C)(C)N1CC2COCC21. The van der Waals surface area contributed by atoms with Gasteiger partial charge in [0, 0.05) is 24.0 Å². The molecule has 0 aromatic rings. The molecule has 0 saturated carbocycles. The normalized spacial score (nSPS) is 38.5. The zero-order chi connectivity index (χ0) is 8.06. The van der Waals surface area contributed by atoms with E-state index >= 15 is 0 Å². The first-order valence-corrected chi connectivity index (χ1v) is 4.43. The van der Waals surface area contributed by atoms with Crippen molar-refractivity contribution in [3.63, 3.8) is 0 Å². The van der Waals surface area contributed by atoms with Gasteiger partial charge in [-0.25, -0.2) is 0 Å². The van der Waals surface area contributed by atoms with E-state index in [9.17, 15) is 0 Å². The molecule has 0 radical (unpaired) electrons. The second kappa shape index (κ2) is 2.20. The average Bonchev–Trinajstić information content (AvgIpc) is 2.08. The van der Waals surface area contributed by atoms with Crippen LogP contribution in [0, 0.1) is 5.92 Å². The van der Waals surface area contributed by atoms with Crippen molar-refractivity contribution in [2.75, 3.05) is 19.8 Å². The number of hydrogen-bond donors (Lipinski definition) is 0. The van der Waals surface area contributed by atoms with Crippen molar-refractivity contribution in [2.24, 2.45) is 5.92 Å². The van der Waals surface area contributed by atoms with Crippen molar-refractivity contribution in [1.82, 2.24) is 4.90 Å². The second-order valence-electron chi connectivity index (χ2n) is 4.69. The summed E-state index contributed by atoms with van der Waals surface area (Å²) in [6, 6.07) is 0.731. The van der Waals surface area contributed by atoms with Gasteiger partial charge < -0.3 is 4.74 Å². The van der Waals surface area contributed by atoms with Crippen LogP contribution in [0.2, 0.25) is 0 Å². The summed E-state index contributed by atoms with van der Waals surface area (Å²) in [6.45, 7) is 10.0. The van der Waals surface area contributed by atoms with Crippen LogP contribution in [0.25, 0.3) is 0 Å². The van der Waals surface area contributed by atoms with Gasteiger partial charge >= 0.3 is 0 Å². The number of nitrogens with zero attached hydrogens (tertiary/aromatic N) is 1. The molecule has 0 amide bonds. The number of hydrogen-bond acceptors (Lipinski definition) is 2. The van der Waals surface area contributed by atoms with E-state index in [1.807, 2.05) is 0 Å². The van der Waals surface area contributed by atoms with E-state index in [2.05, 4.69) is 25.7 Å². The minimum atomic E-state index is 0.342. The molecule has 2 aliphatic heterocycles. The second-order valence-corrected chi connectivity index (χ2v) is 4.69. The highest BCUT2D eigenvalue weighted by molar-refractivity contribution is 5.00. The lowest BCUT2D eigenvalue weighted by Gasteiger charge is -2.51. The number of fused-ring (bicyclic) bond motifs is 1. The average molecular weight is 155 g/mol. The van der Waals surface area contributed by atoms with Crippen LogP contribution in [0.3, 0.4) is 0 Å². The predicted molar refractivity (Wildman–Crippen MR) is 44.6 cm³/mol. The van der Waals surface area contributed by atoms with Crippen LogP contribution >= 0.6 is 0 Å². The molecule has 2 rings (SSSR count). The van der Waals surface area contributed by atoms with Gasteiger partial charge in [-0.05, 0) is 20.8 Å². The molecule has 0 spiro atoms. The standard InChI is InChI=1S/C9H17NO/c1-9(2,3)10-4-7-5-11-6-8(7)10/h7-8H,4-6H2,1-3H3. The molecule has 64 valence electrons. The molecule has 2 heteroatoms. The lowest BCUT2D eigenvalue weighted by Crippen LogP contribution is -2.62. The molecule has 0 aromatic heterocycles. The molecule has 0 aliphatic carbocycles. The molecule has 2 aliphatic rings. The Labute approximate surface area is 68.5 Å². The third-order valence-corrected chi connectivity index (χ3v) is 2.86. The number of likely N-dealkylation sites (tertiary alicyclic amines) is 1. The van der Waals surface area contributed by atoms with E-state index in [-0.39, 0.29) is 0 Å². The fourth-order valence-electron chi connectivity index (χ4n) is 2.13. The fourth-order valence-corrected chi connectivity index (χ4v) is 2.13. The third kappa shape index (κ3) is 1.09. The maximum absolute atomic E-state index is 5.42. The van der Waals surface area contributed by atoms with Gasteiger partial charge in [0.2, 0.25) is 0 Å². The van der Waals surface area contributed by atoms with Crippen LogP contribution in [0.15, 0.2) is 0 Å². The first kappa shape index (κ1) is 7.56. The Morgan fingerprint density at radius 1 is 1.27 bits per heavy atom. The van der Waals surface area contributed by atoms with Crippen LogP contribution in [-0.2, 0) is 4.74 Å². The molecule has 2 fully saturated rings. The van der Waals surface area contributed by atoms with Gasteiger partial charge in [-0.1, -0.05) is 0 Å². The Bertz CT molecular complexity index is 161. The highest BCUT2D eigenvalue weighted by atomic mass is 16.5. The molecule has 2 nitrogen and oxygen atoms in total. The molecule has 2 heterocycles. The Morgan fingerprint density at radius 2 is 2.00 bits per heavy atom. The lowest BCUT2D eigenvalue weighted by atomic mass is 9.86. The van der Waals surface area contributed by atoms with Crippen molar-refractivity contribution in [3.05, 3.63) is 0 Å². The Morgan fingerprint density at radius 3 is 2.55 bits per heavy atom. The summed E-state index contributed by atoms with van der Waals surface area (Å²) in [5.74, 6) is 0.842. The minimum Gasteiger partial charge on any atom is -0.379 e. The largest absolute Gasteiger partial charge is 0.379 e. The van der Waals surface area contributed by atoms with Gasteiger partial charge in [-0.15, -0.1) is 0 Å². The number of ether oxygens (including phenoxy) is 1. The molecular weight excluding hydrogens is 138 g/mol. The molecular formula is C9H17NO. The van der Waals surface area contributed by atoms with Gasteiger partial charge in [-0.3, -0.25) is 4.90 Å². The molecule has 0 aromatic carbocycles. The highest BCUT2D eigenvalue weighted by Crippen LogP contribution is 2.35. The van der Waals surface area contributed by atoms with Gasteiger partial charge in [-0.2, -0.15) is 0 Å². The molecule has 2 atom stereocenters. The maximum Gasteiger partial charge on any atom is 0.0626 e. The van der Waals surface area contributed by atoms with Crippen molar-refractivity contribution >= 4 is 0 Å². The van der Waals surface area contributed by atoms with Gasteiger partial charge in [0.25, 0.3) is 0 Å². The first-order chi connectivity index (χ1) is 5.09. The van der Waals surface area contributed by atoms with E-state index in [0.29, 0.717) is 5.54 Å². The summed E-state index contributed by atoms with van der Waals surface area (Å²) in [6.07, 6.45) is 0. The van der Waals surface area contributed by atoms with E-state index in [4.69, 9.17) is 4.74 Å². The Kier molecular flexibility index (Phi) is 1.52. The topological polar surface area (TPSA) is 12.5 Å². The predicted octanol–water partition coefficient (Wildman–Crippen LogP) is 1.12. The van der Waals surface area contributed by atoms with Crippen molar-refractivity contribution in [3.8, 4) is 0 Å². The first-order valence-electron chi connectivity index (χ1n) is 4.43. The fraction of sp³-hybridized carbons (Fsp3) is 1.00. The van der Waals surface area contributed by atoms with Crippen molar-refractivity contribution in [1.29, 1.82) is 0 Å². The molecule has 0 N–H and O–H groups in total. The molecule has 2 saturated heterocycles. The summed E-state index contributed by atoms with van der Waals surface area (Å²) in [7, 11) is 0. The molecule has 0 bridgehead atoms. The van der Waals surface area contributed by atoms with Gasteiger partial charge in [0.15, 0.2) is 0 Å². The number of rotatable bonds is 0. The van der Waals surface area contributed by atoms with Gasteiger partial charge in [0.05, 0.1) is 13.2 Å². The smallest absolute Gasteiger partial charge is 0.0626 e. The Hall–Kier alpha value is -0.0800. The maximum atomic E-state index is 5.42. The molecule has 11 heavy (non-hydrogen) atoms. The Balaban J connectivity index is 2.00. The highest BCUT2D eigenvalue weighted by Gasteiger charge is 2.47. The van der Waals surface area contributed by atoms with Crippen molar-refractivity contribution < 1.29 is 4.74 Å². The van der Waals surface area contributed by atoms with Crippen LogP contribution in [0.1, 0.15) is 20.8 Å². The summed E-state index contributed by atoms with van der Waals surface area (Å²) in [5.41, 5.74) is 0.342. The summed E-state index contributed by atoms with van der Waals surface area (Å²) in [5, 5.41) is 0. The van der Waals surface area contributed by atoms with E-state index in [1.54, 1.807) is 0 Å². The van der Waals surface area contributed by atoms with Crippen LogP contribution in [0.4, 0.5) is 0 Å². The quantitative estimate of drug-likeness (QED) is 0.519. The van der Waals surface area contributed by atoms with E-state index in [1.165, 1.54) is 6.54 Å². The van der Waals surface area contributed by atoms with Crippen LogP contribution in [-0.4, -0.2) is 36.2 Å². The molecule has 2 unspecified atom stereocenters. The van der Waals surface area contributed by atoms with Crippen LogP contribution < -0.4 is 0 Å². The zero-order valence-corrected chi connectivity index (χ0v) is 7.63. The van der Waals surface area contributed by atoms with Gasteiger partial charge in [0.1, 0.15) is 0 Å². The minimum absolute atomic E-state index is 0.342. The summed E-state index contributed by atoms with van der Waals surface area (Å²) >= 11 is 0. The monoisotopic (exact) mass is 155 g/mol. The third-order valence-electron chi connectivity index (χ3n) is 2.86. The zero-order valence-electron chi connectivity index (χ0n) is 7.63. The van der Waals surface area contributed by atoms with Crippen molar-refractivity contribution in [2.45, 2.75) is 32.4 Å².